The van der Waals surface area contributed by atoms with E-state index in [-0.39, 0.29) is 30.1 Å². The highest BCUT2D eigenvalue weighted by atomic mass is 35.5. The van der Waals surface area contributed by atoms with Gasteiger partial charge in [-0.1, -0.05) is 11.6 Å². The lowest BCUT2D eigenvalue weighted by Crippen LogP contribution is -2.48. The normalized spacial score (nSPS) is 29.2. The van der Waals surface area contributed by atoms with Crippen LogP contribution in [0.3, 0.4) is 0 Å². The summed E-state index contributed by atoms with van der Waals surface area (Å²) in [4.78, 5) is 14.9. The molecule has 110 valence electrons. The molecule has 0 aliphatic carbocycles. The first-order valence-electron chi connectivity index (χ1n) is 7.35. The van der Waals surface area contributed by atoms with E-state index in [2.05, 4.69) is 0 Å². The van der Waals surface area contributed by atoms with Gasteiger partial charge in [-0.2, -0.15) is 0 Å². The van der Waals surface area contributed by atoms with Crippen LogP contribution in [0.1, 0.15) is 56.1 Å². The van der Waals surface area contributed by atoms with Gasteiger partial charge in [0.05, 0.1) is 11.1 Å². The topological polar surface area (TPSA) is 45.5 Å². The van der Waals surface area contributed by atoms with E-state index in [1.54, 1.807) is 6.07 Å². The number of aliphatic hydroxyl groups excluding tert-OH is 1. The van der Waals surface area contributed by atoms with E-state index in [4.69, 9.17) is 11.6 Å². The Hall–Kier alpha value is -1.00. The third kappa shape index (κ3) is 2.25. The van der Waals surface area contributed by atoms with Crippen molar-refractivity contribution in [2.24, 2.45) is 0 Å². The van der Waals surface area contributed by atoms with Crippen molar-refractivity contribution in [2.75, 3.05) is 0 Å². The Balaban J connectivity index is 1.90. The van der Waals surface area contributed by atoms with Crippen LogP contribution in [-0.4, -0.2) is 38.7 Å². The maximum atomic E-state index is 12.9. The van der Waals surface area contributed by atoms with Gasteiger partial charge in [-0.25, -0.2) is 0 Å². The van der Waals surface area contributed by atoms with Gasteiger partial charge in [0.1, 0.15) is 5.69 Å². The number of piperidine rings is 1. The Morgan fingerprint density at radius 3 is 2.50 bits per heavy atom. The van der Waals surface area contributed by atoms with Gasteiger partial charge in [0.2, 0.25) is 0 Å². The van der Waals surface area contributed by atoms with Gasteiger partial charge in [0.25, 0.3) is 5.91 Å². The number of aromatic nitrogens is 1. The first-order chi connectivity index (χ1) is 9.47. The summed E-state index contributed by atoms with van der Waals surface area (Å²) in [5, 5.41) is 10.4. The molecular formula is C15H21ClN2O2. The van der Waals surface area contributed by atoms with E-state index in [9.17, 15) is 9.90 Å². The maximum Gasteiger partial charge on any atom is 0.271 e. The van der Waals surface area contributed by atoms with Gasteiger partial charge in [0, 0.05) is 24.3 Å². The number of aliphatic hydroxyl groups is 1. The van der Waals surface area contributed by atoms with E-state index < -0.39 is 0 Å². The number of hydrogen-bond donors (Lipinski definition) is 1. The molecule has 2 fully saturated rings. The van der Waals surface area contributed by atoms with Crippen LogP contribution < -0.4 is 0 Å². The molecule has 2 unspecified atom stereocenters. The van der Waals surface area contributed by atoms with Crippen LogP contribution in [0.4, 0.5) is 0 Å². The molecule has 3 rings (SSSR count). The molecule has 5 heteroatoms. The van der Waals surface area contributed by atoms with E-state index in [0.717, 1.165) is 12.8 Å². The summed E-state index contributed by atoms with van der Waals surface area (Å²) in [6.45, 7) is 4.09. The lowest BCUT2D eigenvalue weighted by molar-refractivity contribution is 0.0278. The first kappa shape index (κ1) is 14.0. The second kappa shape index (κ2) is 5.08. The van der Waals surface area contributed by atoms with Crippen LogP contribution in [0.5, 0.6) is 0 Å². The summed E-state index contributed by atoms with van der Waals surface area (Å²) in [6.07, 6.45) is 4.99. The minimum absolute atomic E-state index is 0.0602. The molecule has 2 saturated heterocycles. The molecule has 20 heavy (non-hydrogen) atoms. The third-order valence-corrected chi connectivity index (χ3v) is 4.74. The molecule has 2 bridgehead atoms. The number of carbonyl (C=O) groups excluding carboxylic acids is 1. The monoisotopic (exact) mass is 296 g/mol. The average molecular weight is 297 g/mol. The maximum absolute atomic E-state index is 12.9. The largest absolute Gasteiger partial charge is 0.393 e. The Morgan fingerprint density at radius 2 is 1.95 bits per heavy atom. The summed E-state index contributed by atoms with van der Waals surface area (Å²) >= 11 is 6.07. The van der Waals surface area contributed by atoms with Crippen LogP contribution in [0.15, 0.2) is 12.3 Å². The van der Waals surface area contributed by atoms with Crippen LogP contribution in [0.2, 0.25) is 5.02 Å². The number of hydrogen-bond acceptors (Lipinski definition) is 2. The number of halogens is 1. The summed E-state index contributed by atoms with van der Waals surface area (Å²) in [5.41, 5.74) is 0.665. The average Bonchev–Trinajstić information content (AvgIpc) is 2.88. The molecule has 3 heterocycles. The molecule has 1 N–H and O–H groups in total. The van der Waals surface area contributed by atoms with Gasteiger partial charge >= 0.3 is 0 Å². The molecule has 4 nitrogen and oxygen atoms in total. The number of carbonyl (C=O) groups is 1. The second-order valence-electron chi connectivity index (χ2n) is 6.27. The Kier molecular flexibility index (Phi) is 3.55. The fourth-order valence-corrected chi connectivity index (χ4v) is 3.86. The highest BCUT2D eigenvalue weighted by Gasteiger charge is 2.43. The highest BCUT2D eigenvalue weighted by Crippen LogP contribution is 2.37. The van der Waals surface area contributed by atoms with Crippen molar-refractivity contribution in [1.82, 2.24) is 9.47 Å². The summed E-state index contributed by atoms with van der Waals surface area (Å²) < 4.78 is 1.94. The SMILES string of the molecule is CC(C)n1cc(Cl)cc1C(=O)N1C2CCC1CC(O)C2. The van der Waals surface area contributed by atoms with E-state index >= 15 is 0 Å². The summed E-state index contributed by atoms with van der Waals surface area (Å²) in [6, 6.07) is 2.33. The fraction of sp³-hybridized carbons (Fsp3) is 0.667. The van der Waals surface area contributed by atoms with Gasteiger partial charge in [-0.15, -0.1) is 0 Å². The third-order valence-electron chi connectivity index (χ3n) is 4.53. The second-order valence-corrected chi connectivity index (χ2v) is 6.70. The Morgan fingerprint density at radius 1 is 1.35 bits per heavy atom. The predicted octanol–water partition coefficient (Wildman–Crippen LogP) is 2.85. The van der Waals surface area contributed by atoms with Crippen molar-refractivity contribution in [1.29, 1.82) is 0 Å². The van der Waals surface area contributed by atoms with E-state index in [0.29, 0.717) is 23.6 Å². The lowest BCUT2D eigenvalue weighted by atomic mass is 9.99. The standard InChI is InChI=1S/C15H21ClN2O2/c1-9(2)17-8-10(16)5-14(17)15(20)18-11-3-4-12(18)7-13(19)6-11/h5,8-9,11-13,19H,3-4,6-7H2,1-2H3. The fourth-order valence-electron chi connectivity index (χ4n) is 3.66. The van der Waals surface area contributed by atoms with Crippen molar-refractivity contribution in [3.63, 3.8) is 0 Å². The summed E-state index contributed by atoms with van der Waals surface area (Å²) in [7, 11) is 0. The van der Waals surface area contributed by atoms with Crippen LogP contribution >= 0.6 is 11.6 Å². The molecule has 0 aromatic carbocycles. The molecule has 1 aromatic heterocycles. The van der Waals surface area contributed by atoms with Gasteiger partial charge in [0.15, 0.2) is 0 Å². The Bertz CT molecular complexity index is 512. The zero-order valence-electron chi connectivity index (χ0n) is 11.9. The van der Waals surface area contributed by atoms with E-state index in [1.807, 2.05) is 29.5 Å². The van der Waals surface area contributed by atoms with Crippen LogP contribution in [-0.2, 0) is 0 Å². The highest BCUT2D eigenvalue weighted by molar-refractivity contribution is 6.31. The molecule has 0 radical (unpaired) electrons. The summed E-state index contributed by atoms with van der Waals surface area (Å²) in [5.74, 6) is 0.0602. The van der Waals surface area contributed by atoms with Crippen LogP contribution in [0.25, 0.3) is 0 Å². The number of fused-ring (bicyclic) bond motifs is 2. The Labute approximate surface area is 124 Å². The van der Waals surface area contributed by atoms with Crippen molar-refractivity contribution in [3.8, 4) is 0 Å². The predicted molar refractivity (Wildman–Crippen MR) is 78.0 cm³/mol. The lowest BCUT2D eigenvalue weighted by Gasteiger charge is -2.37. The van der Waals surface area contributed by atoms with Crippen molar-refractivity contribution < 1.29 is 9.90 Å². The minimum atomic E-state index is -0.253. The van der Waals surface area contributed by atoms with Crippen molar-refractivity contribution >= 4 is 17.5 Å². The number of rotatable bonds is 2. The quantitative estimate of drug-likeness (QED) is 0.912. The molecule has 2 aliphatic heterocycles. The zero-order valence-corrected chi connectivity index (χ0v) is 12.7. The molecule has 0 spiro atoms. The molecule has 1 amide bonds. The van der Waals surface area contributed by atoms with Crippen molar-refractivity contribution in [2.45, 2.75) is 63.8 Å². The van der Waals surface area contributed by atoms with Gasteiger partial charge in [-0.3, -0.25) is 4.79 Å². The number of nitrogens with zero attached hydrogens (tertiary/aromatic N) is 2. The minimum Gasteiger partial charge on any atom is -0.393 e. The van der Waals surface area contributed by atoms with Crippen LogP contribution in [0, 0.1) is 0 Å². The molecular weight excluding hydrogens is 276 g/mol. The van der Waals surface area contributed by atoms with Gasteiger partial charge < -0.3 is 14.6 Å². The van der Waals surface area contributed by atoms with Gasteiger partial charge in [-0.05, 0) is 45.6 Å². The smallest absolute Gasteiger partial charge is 0.271 e. The first-order valence-corrected chi connectivity index (χ1v) is 7.73. The number of amides is 1. The molecule has 2 aliphatic rings. The molecule has 0 saturated carbocycles. The van der Waals surface area contributed by atoms with Crippen molar-refractivity contribution in [3.05, 3.63) is 23.0 Å². The molecule has 2 atom stereocenters. The zero-order chi connectivity index (χ0) is 14.4. The van der Waals surface area contributed by atoms with E-state index in [1.165, 1.54) is 0 Å². The molecule has 1 aromatic rings.